The summed E-state index contributed by atoms with van der Waals surface area (Å²) in [5, 5.41) is 5.01. The highest BCUT2D eigenvalue weighted by molar-refractivity contribution is 6.12. The Kier molecular flexibility index (Phi) is 6.08. The summed E-state index contributed by atoms with van der Waals surface area (Å²) in [5.41, 5.74) is 13.2. The lowest BCUT2D eigenvalue weighted by atomic mass is 9.89. The van der Waals surface area contributed by atoms with E-state index in [1.807, 2.05) is 0 Å². The Morgan fingerprint density at radius 1 is 0.431 bits per heavy atom. The van der Waals surface area contributed by atoms with Gasteiger partial charge in [-0.25, -0.2) is 0 Å². The molecule has 0 saturated carbocycles. The fourth-order valence-corrected chi connectivity index (χ4v) is 8.56. The third-order valence-electron chi connectivity index (χ3n) is 10.9. The number of ether oxygens (including phenoxy) is 1. The zero-order valence-electron chi connectivity index (χ0n) is 27.8. The van der Waals surface area contributed by atoms with Gasteiger partial charge in [0.2, 0.25) is 0 Å². The molecule has 9 aromatic rings. The first kappa shape index (κ1) is 28.3. The molecule has 0 amide bonds. The average molecular weight is 653 g/mol. The second-order valence-electron chi connectivity index (χ2n) is 13.7. The summed E-state index contributed by atoms with van der Waals surface area (Å²) < 4.78 is 11.7. The molecular weight excluding hydrogens is 621 g/mol. The summed E-state index contributed by atoms with van der Waals surface area (Å²) in [6.45, 7) is 0. The van der Waals surface area contributed by atoms with Gasteiger partial charge in [0.15, 0.2) is 0 Å². The van der Waals surface area contributed by atoms with Crippen molar-refractivity contribution in [1.29, 1.82) is 0 Å². The minimum Gasteiger partial charge on any atom is -0.483 e. The van der Waals surface area contributed by atoms with Crippen LogP contribution in [-0.2, 0) is 0 Å². The molecule has 51 heavy (non-hydrogen) atoms. The van der Waals surface area contributed by atoms with E-state index in [1.165, 1.54) is 71.4 Å². The van der Waals surface area contributed by atoms with Gasteiger partial charge < -0.3 is 13.9 Å². The van der Waals surface area contributed by atoms with Crippen molar-refractivity contribution < 1.29 is 4.74 Å². The molecule has 0 saturated heterocycles. The van der Waals surface area contributed by atoms with Gasteiger partial charge in [-0.3, -0.25) is 0 Å². The number of allylic oxidation sites excluding steroid dienone is 2. The molecule has 0 spiro atoms. The van der Waals surface area contributed by atoms with E-state index in [2.05, 4.69) is 191 Å². The average Bonchev–Trinajstić information content (AvgIpc) is 3.85. The Hall–Kier alpha value is -6.58. The van der Waals surface area contributed by atoms with Crippen molar-refractivity contribution in [2.45, 2.75) is 12.0 Å². The van der Waals surface area contributed by atoms with Crippen LogP contribution in [0.2, 0.25) is 0 Å². The zero-order chi connectivity index (χ0) is 33.5. The molecular formula is C48H32N2O. The first-order valence-corrected chi connectivity index (χ1v) is 17.7. The Labute approximate surface area is 295 Å². The van der Waals surface area contributed by atoms with Crippen molar-refractivity contribution in [1.82, 2.24) is 9.13 Å². The second-order valence-corrected chi connectivity index (χ2v) is 13.7. The van der Waals surface area contributed by atoms with Gasteiger partial charge in [-0.1, -0.05) is 121 Å². The van der Waals surface area contributed by atoms with Crippen LogP contribution in [0.25, 0.3) is 77.2 Å². The number of nitrogens with zero attached hydrogens (tertiary/aromatic N) is 2. The van der Waals surface area contributed by atoms with Gasteiger partial charge in [0, 0.05) is 38.7 Å². The van der Waals surface area contributed by atoms with Crippen LogP contribution in [0, 0.1) is 0 Å². The predicted molar refractivity (Wildman–Crippen MR) is 212 cm³/mol. The van der Waals surface area contributed by atoms with Gasteiger partial charge in [-0.05, 0) is 82.9 Å². The van der Waals surface area contributed by atoms with Crippen LogP contribution in [0.4, 0.5) is 0 Å². The van der Waals surface area contributed by atoms with Crippen molar-refractivity contribution in [2.75, 3.05) is 0 Å². The molecule has 2 aromatic heterocycles. The number of fused-ring (bicyclic) bond motifs is 9. The lowest BCUT2D eigenvalue weighted by molar-refractivity contribution is 0.272. The number of hydrogen-bond acceptors (Lipinski definition) is 1. The van der Waals surface area contributed by atoms with Crippen LogP contribution in [0.5, 0.6) is 5.75 Å². The summed E-state index contributed by atoms with van der Waals surface area (Å²) in [5.74, 6) is 1.04. The summed E-state index contributed by atoms with van der Waals surface area (Å²) in [4.78, 5) is 0. The number of hydrogen-bond donors (Lipinski definition) is 0. The monoisotopic (exact) mass is 652 g/mol. The van der Waals surface area contributed by atoms with Crippen molar-refractivity contribution >= 4 is 49.3 Å². The molecule has 2 unspecified atom stereocenters. The SMILES string of the molecule is C1=CC2c3cc(-n4c5ccccc5c5cc(-c6ccccc6)ccc54)ccc3OC2C(n2c3ccccc3c3cc(-c4ccccc4)ccc32)=C1. The molecule has 1 aliphatic heterocycles. The molecule has 0 bridgehead atoms. The minimum atomic E-state index is -0.139. The largest absolute Gasteiger partial charge is 0.483 e. The van der Waals surface area contributed by atoms with Gasteiger partial charge in [0.05, 0.1) is 27.8 Å². The van der Waals surface area contributed by atoms with Crippen molar-refractivity contribution in [3.05, 3.63) is 188 Å². The molecule has 0 N–H and O–H groups in total. The molecule has 3 heteroatoms. The van der Waals surface area contributed by atoms with Gasteiger partial charge in [-0.2, -0.15) is 0 Å². The Morgan fingerprint density at radius 3 is 1.63 bits per heavy atom. The first-order valence-electron chi connectivity index (χ1n) is 17.7. The Bertz CT molecular complexity index is 2890. The molecule has 1 aliphatic carbocycles. The lowest BCUT2D eigenvalue weighted by Crippen LogP contribution is -2.24. The first-order chi connectivity index (χ1) is 25.3. The Balaban J connectivity index is 1.02. The van der Waals surface area contributed by atoms with Crippen LogP contribution in [0.15, 0.2) is 182 Å². The molecule has 240 valence electrons. The molecule has 11 rings (SSSR count). The highest BCUT2D eigenvalue weighted by Gasteiger charge is 2.38. The van der Waals surface area contributed by atoms with Crippen LogP contribution in [0.1, 0.15) is 11.5 Å². The van der Waals surface area contributed by atoms with E-state index < -0.39 is 0 Å². The van der Waals surface area contributed by atoms with Crippen LogP contribution < -0.4 is 4.74 Å². The van der Waals surface area contributed by atoms with Crippen molar-refractivity contribution in [2.24, 2.45) is 0 Å². The molecule has 7 aromatic carbocycles. The zero-order valence-corrected chi connectivity index (χ0v) is 27.8. The standard InChI is InChI=1S/C48H32N2O/c1-3-12-31(13-4-1)33-22-25-44-39(28-33)36-16-7-9-19-42(36)49(44)35-24-27-47-41(30-35)38-18-11-21-46(48(38)51-47)50-43-20-10-8-17-37(43)40-29-34(23-26-45(40)50)32-14-5-2-6-15-32/h1-30,38,48H. The number of para-hydroxylation sites is 2. The van der Waals surface area contributed by atoms with E-state index in [1.54, 1.807) is 0 Å². The van der Waals surface area contributed by atoms with Crippen molar-refractivity contribution in [3.63, 3.8) is 0 Å². The molecule has 3 nitrogen and oxygen atoms in total. The normalized spacial score (nSPS) is 16.4. The molecule has 2 aliphatic rings. The summed E-state index contributed by atoms with van der Waals surface area (Å²) in [7, 11) is 0. The van der Waals surface area contributed by atoms with Gasteiger partial charge in [0.25, 0.3) is 0 Å². The van der Waals surface area contributed by atoms with E-state index in [-0.39, 0.29) is 12.0 Å². The maximum absolute atomic E-state index is 6.90. The van der Waals surface area contributed by atoms with E-state index in [0.717, 1.165) is 17.1 Å². The molecule has 2 atom stereocenters. The van der Waals surface area contributed by atoms with Gasteiger partial charge in [0.1, 0.15) is 11.9 Å². The van der Waals surface area contributed by atoms with Crippen LogP contribution in [0.3, 0.4) is 0 Å². The smallest absolute Gasteiger partial charge is 0.149 e. The highest BCUT2D eigenvalue weighted by Crippen LogP contribution is 2.48. The van der Waals surface area contributed by atoms with Crippen LogP contribution in [-0.4, -0.2) is 15.2 Å². The summed E-state index contributed by atoms with van der Waals surface area (Å²) >= 11 is 0. The minimum absolute atomic E-state index is 0.0949. The highest BCUT2D eigenvalue weighted by atomic mass is 16.5. The molecule has 0 radical (unpaired) electrons. The van der Waals surface area contributed by atoms with E-state index in [4.69, 9.17) is 4.74 Å². The van der Waals surface area contributed by atoms with E-state index in [9.17, 15) is 0 Å². The topological polar surface area (TPSA) is 19.1 Å². The third kappa shape index (κ3) is 4.25. The maximum atomic E-state index is 6.90. The quantitative estimate of drug-likeness (QED) is 0.185. The predicted octanol–water partition coefficient (Wildman–Crippen LogP) is 12.2. The Morgan fingerprint density at radius 2 is 0.980 bits per heavy atom. The van der Waals surface area contributed by atoms with Crippen LogP contribution >= 0.6 is 0 Å². The summed E-state index contributed by atoms with van der Waals surface area (Å²) in [6.07, 6.45) is 6.62. The summed E-state index contributed by atoms with van der Waals surface area (Å²) in [6, 6.07) is 59.2. The number of aromatic nitrogens is 2. The van der Waals surface area contributed by atoms with E-state index in [0.29, 0.717) is 0 Å². The fourth-order valence-electron chi connectivity index (χ4n) is 8.56. The lowest BCUT2D eigenvalue weighted by Gasteiger charge is -2.25. The number of rotatable bonds is 4. The maximum Gasteiger partial charge on any atom is 0.149 e. The molecule has 0 fully saturated rings. The van der Waals surface area contributed by atoms with Crippen molar-refractivity contribution in [3.8, 4) is 33.7 Å². The second kappa shape index (κ2) is 11.0. The van der Waals surface area contributed by atoms with Gasteiger partial charge >= 0.3 is 0 Å². The molecule has 3 heterocycles. The number of benzene rings is 7. The van der Waals surface area contributed by atoms with Gasteiger partial charge in [-0.15, -0.1) is 0 Å². The van der Waals surface area contributed by atoms with E-state index >= 15 is 0 Å². The third-order valence-corrected chi connectivity index (χ3v) is 10.9. The fraction of sp³-hybridized carbons (Fsp3) is 0.0417.